The number of terminal acetylenes is 1. The van der Waals surface area contributed by atoms with Crippen molar-refractivity contribution in [1.29, 1.82) is 0 Å². The molecular weight excluding hydrogens is 282 g/mol. The molecule has 0 unspecified atom stereocenters. The Bertz CT molecular complexity index is 564. The van der Waals surface area contributed by atoms with Crippen molar-refractivity contribution in [3.63, 3.8) is 0 Å². The molecule has 1 aromatic carbocycles. The van der Waals surface area contributed by atoms with Gasteiger partial charge in [0.2, 0.25) is 11.8 Å². The van der Waals surface area contributed by atoms with Gasteiger partial charge in [-0.2, -0.15) is 0 Å². The van der Waals surface area contributed by atoms with Crippen LogP contribution in [0, 0.1) is 12.3 Å². The molecule has 116 valence electrons. The van der Waals surface area contributed by atoms with E-state index in [1.165, 1.54) is 0 Å². The average Bonchev–Trinajstić information content (AvgIpc) is 2.52. The van der Waals surface area contributed by atoms with Crippen LogP contribution in [0.1, 0.15) is 29.6 Å². The largest absolute Gasteiger partial charge is 0.368 e. The SMILES string of the molecule is C#CCCC[C@@H](NC(=O)CNC(=O)c1ccccc1)C(N)=O. The third kappa shape index (κ3) is 6.09. The second-order valence-electron chi connectivity index (χ2n) is 4.67. The van der Waals surface area contributed by atoms with E-state index < -0.39 is 17.9 Å². The molecule has 3 amide bonds. The average molecular weight is 301 g/mol. The van der Waals surface area contributed by atoms with E-state index in [1.807, 2.05) is 0 Å². The molecule has 1 rings (SSSR count). The topological polar surface area (TPSA) is 101 Å². The molecule has 0 bridgehead atoms. The van der Waals surface area contributed by atoms with Crippen molar-refractivity contribution in [1.82, 2.24) is 10.6 Å². The van der Waals surface area contributed by atoms with Crippen molar-refractivity contribution in [2.45, 2.75) is 25.3 Å². The van der Waals surface area contributed by atoms with E-state index in [9.17, 15) is 14.4 Å². The maximum absolute atomic E-state index is 11.8. The molecule has 0 aromatic heterocycles. The highest BCUT2D eigenvalue weighted by atomic mass is 16.2. The number of carbonyl (C=O) groups is 3. The summed E-state index contributed by atoms with van der Waals surface area (Å²) in [6.45, 7) is -0.230. The number of unbranched alkanes of at least 4 members (excludes halogenated alkanes) is 1. The van der Waals surface area contributed by atoms with Gasteiger partial charge in [0, 0.05) is 12.0 Å². The van der Waals surface area contributed by atoms with Gasteiger partial charge in [-0.1, -0.05) is 18.2 Å². The van der Waals surface area contributed by atoms with Crippen LogP contribution in [0.4, 0.5) is 0 Å². The molecule has 1 atom stereocenters. The molecule has 0 spiro atoms. The summed E-state index contributed by atoms with van der Waals surface area (Å²) in [7, 11) is 0. The smallest absolute Gasteiger partial charge is 0.251 e. The Morgan fingerprint density at radius 2 is 1.91 bits per heavy atom. The molecule has 1 aromatic rings. The van der Waals surface area contributed by atoms with E-state index in [-0.39, 0.29) is 12.5 Å². The van der Waals surface area contributed by atoms with E-state index >= 15 is 0 Å². The number of nitrogens with two attached hydrogens (primary N) is 1. The Hall–Kier alpha value is -2.81. The Kier molecular flexibility index (Phi) is 7.20. The predicted molar refractivity (Wildman–Crippen MR) is 82.6 cm³/mol. The maximum atomic E-state index is 11.8. The molecule has 0 aliphatic rings. The lowest BCUT2D eigenvalue weighted by Gasteiger charge is -2.15. The van der Waals surface area contributed by atoms with E-state index in [4.69, 9.17) is 12.2 Å². The number of rotatable bonds is 8. The first-order chi connectivity index (χ1) is 10.5. The normalized spacial score (nSPS) is 11.0. The van der Waals surface area contributed by atoms with Crippen molar-refractivity contribution in [3.8, 4) is 12.3 Å². The van der Waals surface area contributed by atoms with Crippen LogP contribution >= 0.6 is 0 Å². The molecule has 0 aliphatic heterocycles. The van der Waals surface area contributed by atoms with E-state index in [0.29, 0.717) is 24.8 Å². The summed E-state index contributed by atoms with van der Waals surface area (Å²) in [5, 5.41) is 4.96. The predicted octanol–water partition coefficient (Wildman–Crippen LogP) is 0.190. The van der Waals surface area contributed by atoms with E-state index in [0.717, 1.165) is 0 Å². The number of hydrogen-bond acceptors (Lipinski definition) is 3. The summed E-state index contributed by atoms with van der Waals surface area (Å²) in [4.78, 5) is 34.8. The molecule has 6 nitrogen and oxygen atoms in total. The van der Waals surface area contributed by atoms with Crippen LogP contribution in [0.5, 0.6) is 0 Å². The Morgan fingerprint density at radius 3 is 2.50 bits per heavy atom. The number of nitrogens with one attached hydrogen (secondary N) is 2. The molecule has 0 heterocycles. The summed E-state index contributed by atoms with van der Waals surface area (Å²) in [5.41, 5.74) is 5.68. The maximum Gasteiger partial charge on any atom is 0.251 e. The molecule has 0 radical (unpaired) electrons. The van der Waals surface area contributed by atoms with Crippen LogP contribution in [0.25, 0.3) is 0 Å². The summed E-state index contributed by atoms with van der Waals surface area (Å²) >= 11 is 0. The van der Waals surface area contributed by atoms with Gasteiger partial charge in [-0.15, -0.1) is 12.3 Å². The molecule has 6 heteroatoms. The third-order valence-corrected chi connectivity index (χ3v) is 2.94. The van der Waals surface area contributed by atoms with Gasteiger partial charge in [-0.05, 0) is 25.0 Å². The lowest BCUT2D eigenvalue weighted by Crippen LogP contribution is -2.47. The lowest BCUT2D eigenvalue weighted by molar-refractivity contribution is -0.126. The summed E-state index contributed by atoms with van der Waals surface area (Å²) in [6, 6.07) is 7.73. The third-order valence-electron chi connectivity index (χ3n) is 2.94. The molecule has 4 N–H and O–H groups in total. The minimum atomic E-state index is -0.783. The fourth-order valence-electron chi connectivity index (χ4n) is 1.79. The van der Waals surface area contributed by atoms with Crippen molar-refractivity contribution in [2.75, 3.05) is 6.54 Å². The van der Waals surface area contributed by atoms with Crippen LogP contribution in [-0.4, -0.2) is 30.3 Å². The molecule has 22 heavy (non-hydrogen) atoms. The van der Waals surface area contributed by atoms with Gasteiger partial charge >= 0.3 is 0 Å². The molecule has 0 aliphatic carbocycles. The number of primary amides is 1. The molecule has 0 fully saturated rings. The minimum absolute atomic E-state index is 0.230. The summed E-state index contributed by atoms with van der Waals surface area (Å²) in [5.74, 6) is 0.986. The number of carbonyl (C=O) groups excluding carboxylic acids is 3. The zero-order valence-electron chi connectivity index (χ0n) is 12.2. The highest BCUT2D eigenvalue weighted by molar-refractivity contribution is 5.97. The zero-order valence-corrected chi connectivity index (χ0v) is 12.2. The Balaban J connectivity index is 2.42. The second-order valence-corrected chi connectivity index (χ2v) is 4.67. The fraction of sp³-hybridized carbons (Fsp3) is 0.312. The number of amides is 3. The monoisotopic (exact) mass is 301 g/mol. The second kappa shape index (κ2) is 9.19. The van der Waals surface area contributed by atoms with Crippen LogP contribution < -0.4 is 16.4 Å². The van der Waals surface area contributed by atoms with Crippen molar-refractivity contribution < 1.29 is 14.4 Å². The zero-order chi connectivity index (χ0) is 16.4. The van der Waals surface area contributed by atoms with Gasteiger partial charge in [0.05, 0.1) is 6.54 Å². The first-order valence-electron chi connectivity index (χ1n) is 6.90. The summed E-state index contributed by atoms with van der Waals surface area (Å²) in [6.07, 6.45) is 6.59. The van der Waals surface area contributed by atoms with Gasteiger partial charge in [0.1, 0.15) is 6.04 Å². The van der Waals surface area contributed by atoms with E-state index in [1.54, 1.807) is 30.3 Å². The quantitative estimate of drug-likeness (QED) is 0.472. The Morgan fingerprint density at radius 1 is 1.23 bits per heavy atom. The van der Waals surface area contributed by atoms with Crippen molar-refractivity contribution >= 4 is 17.7 Å². The molecule has 0 saturated heterocycles. The minimum Gasteiger partial charge on any atom is -0.368 e. The summed E-state index contributed by atoms with van der Waals surface area (Å²) < 4.78 is 0. The van der Waals surface area contributed by atoms with E-state index in [2.05, 4.69) is 16.6 Å². The highest BCUT2D eigenvalue weighted by Gasteiger charge is 2.17. The van der Waals surface area contributed by atoms with Crippen LogP contribution in [-0.2, 0) is 9.59 Å². The number of benzene rings is 1. The first-order valence-corrected chi connectivity index (χ1v) is 6.90. The highest BCUT2D eigenvalue weighted by Crippen LogP contribution is 2.00. The van der Waals surface area contributed by atoms with Crippen LogP contribution in [0.2, 0.25) is 0 Å². The standard InChI is InChI=1S/C16H19N3O3/c1-2-3-5-10-13(15(17)21)19-14(20)11-18-16(22)12-8-6-4-7-9-12/h1,4,6-9,13H,3,5,10-11H2,(H2,17,21)(H,18,22)(H,19,20)/t13-/m1/s1. The number of hydrogen-bond donors (Lipinski definition) is 3. The van der Waals surface area contributed by atoms with Crippen molar-refractivity contribution in [3.05, 3.63) is 35.9 Å². The van der Waals surface area contributed by atoms with Gasteiger partial charge < -0.3 is 16.4 Å². The van der Waals surface area contributed by atoms with Crippen molar-refractivity contribution in [2.24, 2.45) is 5.73 Å². The van der Waals surface area contributed by atoms with Gasteiger partial charge in [-0.25, -0.2) is 0 Å². The van der Waals surface area contributed by atoms with Gasteiger partial charge in [0.25, 0.3) is 5.91 Å². The van der Waals surface area contributed by atoms with Crippen LogP contribution in [0.15, 0.2) is 30.3 Å². The van der Waals surface area contributed by atoms with Crippen LogP contribution in [0.3, 0.4) is 0 Å². The first kappa shape index (κ1) is 17.2. The lowest BCUT2D eigenvalue weighted by atomic mass is 10.1. The van der Waals surface area contributed by atoms with Gasteiger partial charge in [0.15, 0.2) is 0 Å². The van der Waals surface area contributed by atoms with Gasteiger partial charge in [-0.3, -0.25) is 14.4 Å². The fourth-order valence-corrected chi connectivity index (χ4v) is 1.79. The molecule has 0 saturated carbocycles. The Labute approximate surface area is 129 Å². The molecular formula is C16H19N3O3.